The van der Waals surface area contributed by atoms with Crippen LogP contribution in [-0.4, -0.2) is 24.3 Å². The van der Waals surface area contributed by atoms with Gasteiger partial charge in [0.25, 0.3) is 0 Å². The Morgan fingerprint density at radius 2 is 1.94 bits per heavy atom. The first-order chi connectivity index (χ1) is 7.50. The van der Waals surface area contributed by atoms with Gasteiger partial charge < -0.3 is 10.6 Å². The average molecular weight is 260 g/mol. The molecule has 0 aromatic heterocycles. The molecule has 0 heterocycles. The predicted molar refractivity (Wildman–Crippen MR) is 69.3 cm³/mol. The highest BCUT2D eigenvalue weighted by molar-refractivity contribution is 6.35. The van der Waals surface area contributed by atoms with Crippen LogP contribution in [0, 0.1) is 5.41 Å². The highest BCUT2D eigenvalue weighted by atomic mass is 35.5. The molecule has 0 amide bonds. The van der Waals surface area contributed by atoms with E-state index in [0.29, 0.717) is 23.0 Å². The van der Waals surface area contributed by atoms with Crippen LogP contribution in [0.1, 0.15) is 12.0 Å². The number of benzene rings is 1. The summed E-state index contributed by atoms with van der Waals surface area (Å²) in [6, 6.07) is 5.47. The van der Waals surface area contributed by atoms with Crippen LogP contribution in [0.2, 0.25) is 10.0 Å². The zero-order chi connectivity index (χ0) is 12.1. The van der Waals surface area contributed by atoms with E-state index >= 15 is 0 Å². The first-order valence-corrected chi connectivity index (χ1v) is 5.70. The van der Waals surface area contributed by atoms with Crippen LogP contribution >= 0.6 is 23.2 Å². The SMILES string of the molecule is CN(CCC(=N)N)Cc1c(Cl)cccc1Cl. The van der Waals surface area contributed by atoms with E-state index in [4.69, 9.17) is 34.3 Å². The van der Waals surface area contributed by atoms with Gasteiger partial charge in [0.1, 0.15) is 0 Å². The van der Waals surface area contributed by atoms with Crippen molar-refractivity contribution in [2.75, 3.05) is 13.6 Å². The molecule has 1 aromatic carbocycles. The molecule has 3 N–H and O–H groups in total. The number of nitrogens with one attached hydrogen (secondary N) is 1. The first kappa shape index (κ1) is 13.3. The van der Waals surface area contributed by atoms with Crippen molar-refractivity contribution >= 4 is 29.0 Å². The number of nitrogens with zero attached hydrogens (tertiary/aromatic N) is 1. The van der Waals surface area contributed by atoms with E-state index in [9.17, 15) is 0 Å². The fourth-order valence-corrected chi connectivity index (χ4v) is 1.86. The van der Waals surface area contributed by atoms with E-state index in [0.717, 1.165) is 12.1 Å². The van der Waals surface area contributed by atoms with E-state index in [-0.39, 0.29) is 5.84 Å². The molecule has 0 saturated heterocycles. The molecule has 1 rings (SSSR count). The van der Waals surface area contributed by atoms with Gasteiger partial charge in [-0.05, 0) is 19.2 Å². The Balaban J connectivity index is 2.62. The zero-order valence-corrected chi connectivity index (χ0v) is 10.6. The summed E-state index contributed by atoms with van der Waals surface area (Å²) in [5, 5.41) is 8.49. The number of nitrogens with two attached hydrogens (primary N) is 1. The van der Waals surface area contributed by atoms with Crippen molar-refractivity contribution < 1.29 is 0 Å². The van der Waals surface area contributed by atoms with Gasteiger partial charge in [0.05, 0.1) is 5.84 Å². The summed E-state index contributed by atoms with van der Waals surface area (Å²) in [6.45, 7) is 1.38. The fourth-order valence-electron chi connectivity index (χ4n) is 1.34. The van der Waals surface area contributed by atoms with Crippen LogP contribution in [0.3, 0.4) is 0 Å². The van der Waals surface area contributed by atoms with Gasteiger partial charge >= 0.3 is 0 Å². The summed E-state index contributed by atoms with van der Waals surface area (Å²) in [4.78, 5) is 2.04. The van der Waals surface area contributed by atoms with E-state index in [1.165, 1.54) is 0 Å². The van der Waals surface area contributed by atoms with Gasteiger partial charge in [0.15, 0.2) is 0 Å². The Morgan fingerprint density at radius 3 is 2.44 bits per heavy atom. The standard InChI is InChI=1S/C11H15Cl2N3/c1-16(6-5-11(14)15)7-8-9(12)3-2-4-10(8)13/h2-4H,5-7H2,1H3,(H3,14,15). The van der Waals surface area contributed by atoms with Crippen LogP contribution in [0.15, 0.2) is 18.2 Å². The third-order valence-electron chi connectivity index (χ3n) is 2.25. The molecule has 0 unspecified atom stereocenters. The van der Waals surface area contributed by atoms with E-state index in [1.54, 1.807) is 0 Å². The minimum atomic E-state index is 0.192. The molecule has 0 aliphatic heterocycles. The molecular weight excluding hydrogens is 245 g/mol. The molecule has 0 spiro atoms. The summed E-state index contributed by atoms with van der Waals surface area (Å²) in [6.07, 6.45) is 0.554. The second kappa shape index (κ2) is 6.09. The molecule has 0 bridgehead atoms. The molecule has 5 heteroatoms. The molecule has 0 fully saturated rings. The topological polar surface area (TPSA) is 53.1 Å². The number of hydrogen-bond acceptors (Lipinski definition) is 2. The van der Waals surface area contributed by atoms with Gasteiger partial charge in [0.2, 0.25) is 0 Å². The van der Waals surface area contributed by atoms with Crippen molar-refractivity contribution in [2.45, 2.75) is 13.0 Å². The van der Waals surface area contributed by atoms with E-state index < -0.39 is 0 Å². The summed E-state index contributed by atoms with van der Waals surface area (Å²) < 4.78 is 0. The third-order valence-corrected chi connectivity index (χ3v) is 2.96. The minimum Gasteiger partial charge on any atom is -0.388 e. The number of halogens is 2. The Morgan fingerprint density at radius 1 is 1.38 bits per heavy atom. The predicted octanol–water partition coefficient (Wildman–Crippen LogP) is 2.75. The van der Waals surface area contributed by atoms with Crippen LogP contribution < -0.4 is 5.73 Å². The Hall–Kier alpha value is -0.770. The molecule has 16 heavy (non-hydrogen) atoms. The summed E-state index contributed by atoms with van der Waals surface area (Å²) in [7, 11) is 1.95. The Bertz CT molecular complexity index is 359. The van der Waals surface area contributed by atoms with Crippen molar-refractivity contribution in [3.63, 3.8) is 0 Å². The van der Waals surface area contributed by atoms with Crippen LogP contribution in [0.5, 0.6) is 0 Å². The molecule has 0 aliphatic carbocycles. The second-order valence-electron chi connectivity index (χ2n) is 3.71. The largest absolute Gasteiger partial charge is 0.388 e. The second-order valence-corrected chi connectivity index (χ2v) is 4.53. The fraction of sp³-hybridized carbons (Fsp3) is 0.364. The van der Waals surface area contributed by atoms with Crippen LogP contribution in [-0.2, 0) is 6.54 Å². The maximum absolute atomic E-state index is 7.15. The van der Waals surface area contributed by atoms with Gasteiger partial charge in [-0.25, -0.2) is 0 Å². The maximum atomic E-state index is 7.15. The highest BCUT2D eigenvalue weighted by Gasteiger charge is 2.08. The van der Waals surface area contributed by atoms with Crippen molar-refractivity contribution in [2.24, 2.45) is 5.73 Å². The summed E-state index contributed by atoms with van der Waals surface area (Å²) in [5.74, 6) is 0.192. The highest BCUT2D eigenvalue weighted by Crippen LogP contribution is 2.25. The third kappa shape index (κ3) is 4.00. The molecule has 0 saturated carbocycles. The van der Waals surface area contributed by atoms with Gasteiger partial charge in [-0.1, -0.05) is 29.3 Å². The lowest BCUT2D eigenvalue weighted by molar-refractivity contribution is 0.336. The summed E-state index contributed by atoms with van der Waals surface area (Å²) >= 11 is 12.1. The molecule has 1 aromatic rings. The van der Waals surface area contributed by atoms with Gasteiger partial charge in [-0.3, -0.25) is 5.41 Å². The molecule has 0 aliphatic rings. The molecule has 88 valence electrons. The van der Waals surface area contributed by atoms with Crippen molar-refractivity contribution in [1.82, 2.24) is 4.90 Å². The lowest BCUT2D eigenvalue weighted by atomic mass is 10.2. The molecule has 0 radical (unpaired) electrons. The van der Waals surface area contributed by atoms with Crippen molar-refractivity contribution in [1.29, 1.82) is 5.41 Å². The normalized spacial score (nSPS) is 10.8. The number of hydrogen-bond donors (Lipinski definition) is 2. The van der Waals surface area contributed by atoms with Gasteiger partial charge in [-0.15, -0.1) is 0 Å². The van der Waals surface area contributed by atoms with Gasteiger partial charge in [-0.2, -0.15) is 0 Å². The number of amidine groups is 1. The molecule has 0 atom stereocenters. The van der Waals surface area contributed by atoms with Crippen LogP contribution in [0.4, 0.5) is 0 Å². The van der Waals surface area contributed by atoms with E-state index in [2.05, 4.69) is 0 Å². The number of rotatable bonds is 5. The average Bonchev–Trinajstić information content (AvgIpc) is 2.21. The first-order valence-electron chi connectivity index (χ1n) is 4.95. The smallest absolute Gasteiger partial charge is 0.0918 e. The lowest BCUT2D eigenvalue weighted by Gasteiger charge is -2.17. The molecule has 3 nitrogen and oxygen atoms in total. The lowest BCUT2D eigenvalue weighted by Crippen LogP contribution is -2.24. The Kier molecular flexibility index (Phi) is 5.06. The van der Waals surface area contributed by atoms with Crippen LogP contribution in [0.25, 0.3) is 0 Å². The maximum Gasteiger partial charge on any atom is 0.0918 e. The quantitative estimate of drug-likeness (QED) is 0.631. The summed E-state index contributed by atoms with van der Waals surface area (Å²) in [5.41, 5.74) is 6.21. The molecular formula is C11H15Cl2N3. The minimum absolute atomic E-state index is 0.192. The van der Waals surface area contributed by atoms with E-state index in [1.807, 2.05) is 30.1 Å². The Labute approximate surface area is 106 Å². The van der Waals surface area contributed by atoms with Crippen molar-refractivity contribution in [3.05, 3.63) is 33.8 Å². The van der Waals surface area contributed by atoms with Gasteiger partial charge in [0, 0.05) is 35.1 Å². The zero-order valence-electron chi connectivity index (χ0n) is 9.13. The van der Waals surface area contributed by atoms with Crippen molar-refractivity contribution in [3.8, 4) is 0 Å². The monoisotopic (exact) mass is 259 g/mol.